The Kier molecular flexibility index (Phi) is 7.36. The lowest BCUT2D eigenvalue weighted by atomic mass is 9.95. The number of benzene rings is 2. The lowest BCUT2D eigenvalue weighted by Gasteiger charge is -2.26. The fourth-order valence-electron chi connectivity index (χ4n) is 3.51. The number of hydrogen-bond donors (Lipinski definition) is 1. The van der Waals surface area contributed by atoms with Crippen molar-refractivity contribution >= 4 is 17.8 Å². The Morgan fingerprint density at radius 3 is 2.48 bits per heavy atom. The van der Waals surface area contributed by atoms with Gasteiger partial charge in [0.05, 0.1) is 17.7 Å². The predicted octanol–water partition coefficient (Wildman–Crippen LogP) is 4.62. The molecule has 1 atom stereocenters. The van der Waals surface area contributed by atoms with Crippen LogP contribution in [0.15, 0.2) is 72.0 Å². The molecule has 2 aromatic carbocycles. The summed E-state index contributed by atoms with van der Waals surface area (Å²) < 4.78 is 19.0. The molecule has 0 fully saturated rings. The zero-order valence-corrected chi connectivity index (χ0v) is 17.6. The van der Waals surface area contributed by atoms with Gasteiger partial charge in [-0.2, -0.15) is 0 Å². The first-order valence-electron chi connectivity index (χ1n) is 10.3. The minimum Gasteiger partial charge on any atom is -0.503 e. The van der Waals surface area contributed by atoms with E-state index >= 15 is 0 Å². The predicted molar refractivity (Wildman–Crippen MR) is 117 cm³/mol. The molecule has 0 saturated carbocycles. The first kappa shape index (κ1) is 22.4. The summed E-state index contributed by atoms with van der Waals surface area (Å²) in [5.74, 6) is -2.07. The molecule has 0 aromatic heterocycles. The molecule has 5 nitrogen and oxygen atoms in total. The third-order valence-corrected chi connectivity index (χ3v) is 4.98. The fraction of sp³-hybridized carbons (Fsp3) is 0.280. The van der Waals surface area contributed by atoms with Gasteiger partial charge >= 0.3 is 0 Å². The van der Waals surface area contributed by atoms with E-state index in [4.69, 9.17) is 4.74 Å². The second-order valence-corrected chi connectivity index (χ2v) is 7.60. The minimum absolute atomic E-state index is 0.00596. The average Bonchev–Trinajstić information content (AvgIpc) is 3.01. The van der Waals surface area contributed by atoms with Crippen molar-refractivity contribution in [1.82, 2.24) is 4.90 Å². The molecular weight excluding hydrogens is 397 g/mol. The molecule has 1 aliphatic rings. The second-order valence-electron chi connectivity index (χ2n) is 7.60. The molecule has 0 aliphatic carbocycles. The van der Waals surface area contributed by atoms with Gasteiger partial charge in [-0.15, -0.1) is 0 Å². The summed E-state index contributed by atoms with van der Waals surface area (Å²) >= 11 is 0. The van der Waals surface area contributed by atoms with E-state index in [1.54, 1.807) is 6.08 Å². The summed E-state index contributed by atoms with van der Waals surface area (Å²) in [4.78, 5) is 27.2. The van der Waals surface area contributed by atoms with Gasteiger partial charge in [0.2, 0.25) is 0 Å². The number of rotatable bonds is 9. The molecule has 1 aliphatic heterocycles. The minimum atomic E-state index is -0.792. The van der Waals surface area contributed by atoms with Gasteiger partial charge in [0, 0.05) is 13.2 Å². The van der Waals surface area contributed by atoms with Crippen LogP contribution in [0.3, 0.4) is 0 Å². The van der Waals surface area contributed by atoms with E-state index in [0.29, 0.717) is 18.6 Å². The van der Waals surface area contributed by atoms with Crippen LogP contribution in [0, 0.1) is 5.82 Å². The lowest BCUT2D eigenvalue weighted by molar-refractivity contribution is -0.129. The van der Waals surface area contributed by atoms with Gasteiger partial charge in [0.1, 0.15) is 5.82 Å². The van der Waals surface area contributed by atoms with Gasteiger partial charge in [-0.25, -0.2) is 4.39 Å². The van der Waals surface area contributed by atoms with E-state index < -0.39 is 29.3 Å². The van der Waals surface area contributed by atoms with Crippen LogP contribution in [0.4, 0.5) is 4.39 Å². The Morgan fingerprint density at radius 1 is 1.16 bits per heavy atom. The average molecular weight is 423 g/mol. The Hall–Kier alpha value is -3.25. The number of ether oxygens (including phenoxy) is 1. The highest BCUT2D eigenvalue weighted by molar-refractivity contribution is 6.14. The van der Waals surface area contributed by atoms with Crippen molar-refractivity contribution in [3.63, 3.8) is 0 Å². The molecule has 1 heterocycles. The third kappa shape index (κ3) is 5.47. The number of hydrogen-bond acceptors (Lipinski definition) is 4. The number of allylic oxidation sites excluding steroid dienone is 1. The van der Waals surface area contributed by atoms with Crippen LogP contribution in [0.25, 0.3) is 6.08 Å². The van der Waals surface area contributed by atoms with Crippen LogP contribution in [0.2, 0.25) is 0 Å². The summed E-state index contributed by atoms with van der Waals surface area (Å²) in [6.07, 6.45) is 3.58. The third-order valence-electron chi connectivity index (χ3n) is 4.98. The van der Waals surface area contributed by atoms with Gasteiger partial charge in [-0.05, 0) is 49.6 Å². The standard InChI is InChI=1S/C25H26FNO4/c1-17(2)31-16-6-15-27-23(19-10-12-20(26)13-11-19)22(24(29)25(27)30)21(28)14-9-18-7-4-3-5-8-18/h3-5,7-14,17,23,29H,6,15-16H2,1-2H3/b14-9+/t23-/m1/s1. The highest BCUT2D eigenvalue weighted by Gasteiger charge is 2.42. The molecule has 31 heavy (non-hydrogen) atoms. The van der Waals surface area contributed by atoms with Crippen LogP contribution < -0.4 is 0 Å². The van der Waals surface area contributed by atoms with E-state index in [9.17, 15) is 19.1 Å². The van der Waals surface area contributed by atoms with Gasteiger partial charge < -0.3 is 14.7 Å². The summed E-state index contributed by atoms with van der Waals surface area (Å²) in [6.45, 7) is 4.57. The van der Waals surface area contributed by atoms with Crippen LogP contribution in [0.1, 0.15) is 37.4 Å². The van der Waals surface area contributed by atoms with Crippen LogP contribution in [-0.2, 0) is 14.3 Å². The zero-order valence-electron chi connectivity index (χ0n) is 17.6. The van der Waals surface area contributed by atoms with Gasteiger partial charge in [-0.1, -0.05) is 48.5 Å². The van der Waals surface area contributed by atoms with Crippen molar-refractivity contribution in [3.05, 3.63) is 88.9 Å². The summed E-state index contributed by atoms with van der Waals surface area (Å²) in [7, 11) is 0. The second kappa shape index (κ2) is 10.2. The summed E-state index contributed by atoms with van der Waals surface area (Å²) in [5.41, 5.74) is 1.37. The number of aliphatic hydroxyl groups is 1. The molecule has 0 bridgehead atoms. The first-order chi connectivity index (χ1) is 14.9. The van der Waals surface area contributed by atoms with Crippen LogP contribution >= 0.6 is 0 Å². The number of halogens is 1. The Bertz CT molecular complexity index is 980. The lowest BCUT2D eigenvalue weighted by Crippen LogP contribution is -2.32. The fourth-order valence-corrected chi connectivity index (χ4v) is 3.51. The quantitative estimate of drug-likeness (QED) is 0.472. The SMILES string of the molecule is CC(C)OCCCN1C(=O)C(O)=C(C(=O)/C=C/c2ccccc2)[C@H]1c1ccc(F)cc1. The maximum atomic E-state index is 13.5. The van der Waals surface area contributed by atoms with Crippen LogP contribution in [-0.4, -0.2) is 41.0 Å². The van der Waals surface area contributed by atoms with Crippen molar-refractivity contribution in [1.29, 1.82) is 0 Å². The normalized spacial score (nSPS) is 16.7. The van der Waals surface area contributed by atoms with Crippen molar-refractivity contribution in [2.24, 2.45) is 0 Å². The van der Waals surface area contributed by atoms with E-state index in [2.05, 4.69) is 0 Å². The maximum absolute atomic E-state index is 13.5. The highest BCUT2D eigenvalue weighted by atomic mass is 19.1. The number of carbonyl (C=O) groups excluding carboxylic acids is 2. The van der Waals surface area contributed by atoms with E-state index in [1.807, 2.05) is 44.2 Å². The van der Waals surface area contributed by atoms with Gasteiger partial charge in [0.15, 0.2) is 11.5 Å². The molecule has 6 heteroatoms. The topological polar surface area (TPSA) is 66.8 Å². The number of ketones is 1. The molecule has 1 amide bonds. The van der Waals surface area contributed by atoms with E-state index in [-0.39, 0.29) is 18.2 Å². The first-order valence-corrected chi connectivity index (χ1v) is 10.3. The van der Waals surface area contributed by atoms with Gasteiger partial charge in [-0.3, -0.25) is 9.59 Å². The number of carbonyl (C=O) groups is 2. The Balaban J connectivity index is 1.89. The molecule has 3 rings (SSSR count). The van der Waals surface area contributed by atoms with Crippen molar-refractivity contribution in [3.8, 4) is 0 Å². The Morgan fingerprint density at radius 2 is 1.84 bits per heavy atom. The van der Waals surface area contributed by atoms with Crippen LogP contribution in [0.5, 0.6) is 0 Å². The molecular formula is C25H26FNO4. The van der Waals surface area contributed by atoms with E-state index in [1.165, 1.54) is 35.2 Å². The molecule has 0 radical (unpaired) electrons. The Labute approximate surface area is 181 Å². The summed E-state index contributed by atoms with van der Waals surface area (Å²) in [6, 6.07) is 14.1. The van der Waals surface area contributed by atoms with Crippen molar-refractivity contribution in [2.75, 3.05) is 13.2 Å². The highest BCUT2D eigenvalue weighted by Crippen LogP contribution is 2.38. The molecule has 0 saturated heterocycles. The maximum Gasteiger partial charge on any atom is 0.290 e. The molecule has 0 spiro atoms. The summed E-state index contributed by atoms with van der Waals surface area (Å²) in [5, 5.41) is 10.6. The monoisotopic (exact) mass is 423 g/mol. The van der Waals surface area contributed by atoms with E-state index in [0.717, 1.165) is 5.56 Å². The largest absolute Gasteiger partial charge is 0.503 e. The molecule has 162 valence electrons. The zero-order chi connectivity index (χ0) is 22.4. The number of nitrogens with zero attached hydrogens (tertiary/aromatic N) is 1. The number of aliphatic hydroxyl groups excluding tert-OH is 1. The van der Waals surface area contributed by atoms with Gasteiger partial charge in [0.25, 0.3) is 5.91 Å². The molecule has 2 aromatic rings. The number of amides is 1. The molecule has 1 N–H and O–H groups in total. The smallest absolute Gasteiger partial charge is 0.290 e. The molecule has 0 unspecified atom stereocenters. The van der Waals surface area contributed by atoms with Crippen molar-refractivity contribution < 1.29 is 23.8 Å². The van der Waals surface area contributed by atoms with Crippen molar-refractivity contribution in [2.45, 2.75) is 32.4 Å².